The average Bonchev–Trinajstić information content (AvgIpc) is 2.22. The number of hydrogen-bond acceptors (Lipinski definition) is 7. The van der Waals surface area contributed by atoms with Crippen LogP contribution in [-0.4, -0.2) is 38.6 Å². The molecule has 2 unspecified atom stereocenters. The molecule has 0 rings (SSSR count). The van der Waals surface area contributed by atoms with Crippen LogP contribution in [0.4, 0.5) is 0 Å². The number of carbonyl (C=O) groups is 2. The molecule has 0 saturated heterocycles. The van der Waals surface area contributed by atoms with Crippen LogP contribution in [0.1, 0.15) is 6.42 Å². The number of carbonyl (C=O) groups excluding carboxylic acids is 2. The fraction of sp³-hybridized carbons (Fsp3) is 0.667. The predicted octanol–water partition coefficient (Wildman–Crippen LogP) is -0.753. The van der Waals surface area contributed by atoms with E-state index in [4.69, 9.17) is 10.3 Å². The third-order valence-corrected chi connectivity index (χ3v) is 2.27. The van der Waals surface area contributed by atoms with E-state index in [0.717, 1.165) is 0 Å². The van der Waals surface area contributed by atoms with Crippen LogP contribution in [0.25, 0.3) is 0 Å². The van der Waals surface area contributed by atoms with E-state index in [-0.39, 0.29) is 12.7 Å². The van der Waals surface area contributed by atoms with Crippen molar-refractivity contribution in [3.05, 3.63) is 0 Å². The lowest BCUT2D eigenvalue weighted by Crippen LogP contribution is -2.51. The van der Waals surface area contributed by atoms with Crippen molar-refractivity contribution in [1.29, 1.82) is 0 Å². The Morgan fingerprint density at radius 2 is 2.33 bits per heavy atom. The summed E-state index contributed by atoms with van der Waals surface area (Å²) < 4.78 is 21.8. The van der Waals surface area contributed by atoms with Gasteiger partial charge in [0.25, 0.3) is 0 Å². The van der Waals surface area contributed by atoms with Crippen LogP contribution < -0.4 is 5.73 Å². The molecule has 0 radical (unpaired) electrons. The van der Waals surface area contributed by atoms with Gasteiger partial charge in [0.1, 0.15) is 0 Å². The monoisotopic (exact) mass is 257 g/mol. The van der Waals surface area contributed by atoms with Crippen LogP contribution in [0.3, 0.4) is 0 Å². The summed E-state index contributed by atoms with van der Waals surface area (Å²) in [6, 6.07) is 0. The Hall–Kier alpha value is -0.480. The first-order valence-electron chi connectivity index (χ1n) is 3.70. The summed E-state index contributed by atoms with van der Waals surface area (Å²) in [5, 5.41) is 0. The SMILES string of the molecule is CSCCC(N)(C=O)C(=O)OOS(=O)O. The summed E-state index contributed by atoms with van der Waals surface area (Å²) in [5.74, 6) is -0.735. The molecule has 0 amide bonds. The lowest BCUT2D eigenvalue weighted by molar-refractivity contribution is -0.217. The predicted molar refractivity (Wildman–Crippen MR) is 53.9 cm³/mol. The van der Waals surface area contributed by atoms with Crippen molar-refractivity contribution < 1.29 is 27.6 Å². The van der Waals surface area contributed by atoms with Crippen molar-refractivity contribution in [3.63, 3.8) is 0 Å². The van der Waals surface area contributed by atoms with E-state index in [1.165, 1.54) is 11.8 Å². The van der Waals surface area contributed by atoms with Gasteiger partial charge in [-0.1, -0.05) is 0 Å². The third-order valence-electron chi connectivity index (χ3n) is 1.48. The molecular weight excluding hydrogens is 246 g/mol. The van der Waals surface area contributed by atoms with Crippen molar-refractivity contribution in [1.82, 2.24) is 0 Å². The maximum atomic E-state index is 11.1. The molecule has 3 N–H and O–H groups in total. The highest BCUT2D eigenvalue weighted by Gasteiger charge is 2.36. The van der Waals surface area contributed by atoms with Crippen molar-refractivity contribution >= 4 is 35.4 Å². The first kappa shape index (κ1) is 14.5. The van der Waals surface area contributed by atoms with Gasteiger partial charge in [-0.25, -0.2) is 4.79 Å². The van der Waals surface area contributed by atoms with Crippen molar-refractivity contribution in [2.45, 2.75) is 12.0 Å². The van der Waals surface area contributed by atoms with E-state index in [0.29, 0.717) is 5.75 Å². The Bertz CT molecular complexity index is 260. The largest absolute Gasteiger partial charge is 0.370 e. The highest BCUT2D eigenvalue weighted by atomic mass is 32.2. The molecule has 0 aromatic heterocycles. The molecule has 0 aliphatic heterocycles. The van der Waals surface area contributed by atoms with Gasteiger partial charge in [0, 0.05) is 0 Å². The molecule has 0 bridgehead atoms. The number of thioether (sulfide) groups is 1. The molecule has 0 aromatic carbocycles. The normalized spacial score (nSPS) is 16.5. The molecule has 9 heteroatoms. The molecule has 7 nitrogen and oxygen atoms in total. The maximum Gasteiger partial charge on any atom is 0.370 e. The lowest BCUT2D eigenvalue weighted by atomic mass is 10.0. The van der Waals surface area contributed by atoms with Gasteiger partial charge in [-0.15, -0.1) is 0 Å². The quantitative estimate of drug-likeness (QED) is 0.201. The smallest absolute Gasteiger partial charge is 0.310 e. The average molecular weight is 257 g/mol. The van der Waals surface area contributed by atoms with Gasteiger partial charge in [0.2, 0.25) is 0 Å². The molecule has 0 spiro atoms. The maximum absolute atomic E-state index is 11.1. The molecule has 0 aromatic rings. The van der Waals surface area contributed by atoms with E-state index in [1.807, 2.05) is 0 Å². The van der Waals surface area contributed by atoms with E-state index < -0.39 is 22.9 Å². The third kappa shape index (κ3) is 5.23. The van der Waals surface area contributed by atoms with Gasteiger partial charge >= 0.3 is 17.3 Å². The second kappa shape index (κ2) is 6.90. The van der Waals surface area contributed by atoms with Gasteiger partial charge in [-0.2, -0.15) is 16.0 Å². The fourth-order valence-corrected chi connectivity index (χ4v) is 1.28. The minimum Gasteiger partial charge on any atom is -0.310 e. The summed E-state index contributed by atoms with van der Waals surface area (Å²) in [4.78, 5) is 25.6. The summed E-state index contributed by atoms with van der Waals surface area (Å²) >= 11 is -1.36. The Labute approximate surface area is 93.1 Å². The molecule has 0 aliphatic rings. The lowest BCUT2D eigenvalue weighted by Gasteiger charge is -2.18. The van der Waals surface area contributed by atoms with Crippen LogP contribution in [-0.2, 0) is 30.2 Å². The number of nitrogens with two attached hydrogens (primary N) is 1. The van der Waals surface area contributed by atoms with Crippen LogP contribution in [0.5, 0.6) is 0 Å². The summed E-state index contributed by atoms with van der Waals surface area (Å²) in [7, 11) is 0. The second-order valence-electron chi connectivity index (χ2n) is 2.56. The van der Waals surface area contributed by atoms with Crippen LogP contribution in [0.2, 0.25) is 0 Å². The zero-order valence-corrected chi connectivity index (χ0v) is 9.51. The molecule has 2 atom stereocenters. The Morgan fingerprint density at radius 1 is 1.73 bits per heavy atom. The van der Waals surface area contributed by atoms with Crippen LogP contribution >= 0.6 is 11.8 Å². The number of hydrogen-bond donors (Lipinski definition) is 2. The van der Waals surface area contributed by atoms with Crippen LogP contribution in [0.15, 0.2) is 0 Å². The van der Waals surface area contributed by atoms with Crippen molar-refractivity contribution in [2.24, 2.45) is 5.73 Å². The van der Waals surface area contributed by atoms with Gasteiger partial charge in [-0.3, -0.25) is 9.44 Å². The zero-order valence-electron chi connectivity index (χ0n) is 7.87. The minimum absolute atomic E-state index is 0.0535. The molecule has 0 saturated carbocycles. The number of aldehydes is 1. The molecule has 0 aliphatic carbocycles. The van der Waals surface area contributed by atoms with Crippen molar-refractivity contribution in [3.8, 4) is 0 Å². The van der Waals surface area contributed by atoms with Gasteiger partial charge < -0.3 is 10.5 Å². The number of rotatable bonds is 7. The van der Waals surface area contributed by atoms with Gasteiger partial charge in [0.05, 0.1) is 0 Å². The highest BCUT2D eigenvalue weighted by Crippen LogP contribution is 2.10. The highest BCUT2D eigenvalue weighted by molar-refractivity contribution is 7.98. The summed E-state index contributed by atoms with van der Waals surface area (Å²) in [5.41, 5.74) is 3.55. The summed E-state index contributed by atoms with van der Waals surface area (Å²) in [6.45, 7) is 0. The molecular formula is C6H11NO6S2. The molecule has 0 fully saturated rings. The first-order valence-corrected chi connectivity index (χ1v) is 6.13. The van der Waals surface area contributed by atoms with Crippen molar-refractivity contribution in [2.75, 3.05) is 12.0 Å². The summed E-state index contributed by atoms with van der Waals surface area (Å²) in [6.07, 6.45) is 2.04. The zero-order chi connectivity index (χ0) is 11.9. The molecule has 88 valence electrons. The standard InChI is InChI=1S/C6H11NO6S2/c1-14-3-2-6(7,4-8)5(9)12-13-15(10)11/h4H,2-3,7H2,1H3,(H,10,11). The first-order chi connectivity index (χ1) is 6.96. The fourth-order valence-electron chi connectivity index (χ4n) is 0.618. The molecule has 15 heavy (non-hydrogen) atoms. The van der Waals surface area contributed by atoms with E-state index in [2.05, 4.69) is 9.22 Å². The Kier molecular flexibility index (Phi) is 6.68. The van der Waals surface area contributed by atoms with E-state index in [9.17, 15) is 13.8 Å². The van der Waals surface area contributed by atoms with Crippen LogP contribution in [0, 0.1) is 0 Å². The Morgan fingerprint density at radius 3 is 2.73 bits per heavy atom. The Balaban J connectivity index is 4.30. The minimum atomic E-state index is -2.75. The topological polar surface area (TPSA) is 116 Å². The second-order valence-corrected chi connectivity index (χ2v) is 4.11. The van der Waals surface area contributed by atoms with E-state index >= 15 is 0 Å². The van der Waals surface area contributed by atoms with E-state index in [1.54, 1.807) is 6.26 Å². The van der Waals surface area contributed by atoms with Gasteiger partial charge in [0.15, 0.2) is 11.8 Å². The molecule has 0 heterocycles. The van der Waals surface area contributed by atoms with Gasteiger partial charge in [-0.05, 0) is 22.8 Å².